The molecule has 7 atom stereocenters. The van der Waals surface area contributed by atoms with E-state index in [-0.39, 0.29) is 6.10 Å². The quantitative estimate of drug-likeness (QED) is 0.228. The Balaban J connectivity index is 1.34. The van der Waals surface area contributed by atoms with Gasteiger partial charge in [0.05, 0.1) is 18.1 Å². The smallest absolute Gasteiger partial charge is 0.459 e. The SMILES string of the molecule is Cc1ccccc1OP(=O)(NC(C)C(=O)OC1CCCCC1)OC(C)C1OC(n2cnc3c(C)ncnc32)[C@H](O)[C@@H]1O. The van der Waals surface area contributed by atoms with Crippen molar-refractivity contribution in [3.63, 3.8) is 0 Å². The van der Waals surface area contributed by atoms with Gasteiger partial charge in [-0.2, -0.15) is 5.09 Å². The number of para-hydroxylation sites is 1. The van der Waals surface area contributed by atoms with Crippen LogP contribution in [0, 0.1) is 13.8 Å². The van der Waals surface area contributed by atoms with E-state index in [1.54, 1.807) is 39.0 Å². The van der Waals surface area contributed by atoms with Gasteiger partial charge < -0.3 is 24.2 Å². The van der Waals surface area contributed by atoms with Crippen LogP contribution in [0.1, 0.15) is 63.4 Å². The van der Waals surface area contributed by atoms with Crippen LogP contribution in [0.15, 0.2) is 36.9 Å². The van der Waals surface area contributed by atoms with Crippen LogP contribution in [0.2, 0.25) is 0 Å². The molecule has 14 heteroatoms. The number of esters is 1. The molecule has 42 heavy (non-hydrogen) atoms. The molecule has 3 aromatic rings. The molecule has 3 heterocycles. The number of benzene rings is 1. The fourth-order valence-corrected chi connectivity index (χ4v) is 7.10. The zero-order valence-electron chi connectivity index (χ0n) is 24.1. The van der Waals surface area contributed by atoms with Gasteiger partial charge in [-0.1, -0.05) is 24.6 Å². The number of rotatable bonds is 10. The third kappa shape index (κ3) is 6.51. The van der Waals surface area contributed by atoms with Gasteiger partial charge in [-0.15, -0.1) is 0 Å². The lowest BCUT2D eigenvalue weighted by Gasteiger charge is -2.29. The Hall–Kier alpha value is -2.93. The molecule has 228 valence electrons. The van der Waals surface area contributed by atoms with Crippen LogP contribution >= 0.6 is 7.75 Å². The number of aliphatic hydroxyl groups is 2. The molecule has 0 amide bonds. The third-order valence-electron chi connectivity index (χ3n) is 7.71. The predicted molar refractivity (Wildman–Crippen MR) is 152 cm³/mol. The van der Waals surface area contributed by atoms with Gasteiger partial charge in [-0.3, -0.25) is 13.9 Å². The molecular formula is C28H38N5O8P. The van der Waals surface area contributed by atoms with Crippen LogP contribution in [0.4, 0.5) is 0 Å². The van der Waals surface area contributed by atoms with Gasteiger partial charge in [-0.25, -0.2) is 19.5 Å². The summed E-state index contributed by atoms with van der Waals surface area (Å²) >= 11 is 0. The summed E-state index contributed by atoms with van der Waals surface area (Å²) in [6.07, 6.45) is 1.32. The van der Waals surface area contributed by atoms with Crippen molar-refractivity contribution in [3.05, 3.63) is 48.2 Å². The maximum Gasteiger partial charge on any atom is 0.459 e. The minimum absolute atomic E-state index is 0.180. The second-order valence-electron chi connectivity index (χ2n) is 11.0. The fourth-order valence-electron chi connectivity index (χ4n) is 5.34. The second kappa shape index (κ2) is 12.7. The van der Waals surface area contributed by atoms with Crippen LogP contribution in [0.5, 0.6) is 5.75 Å². The molecular weight excluding hydrogens is 565 g/mol. The number of nitrogens with zero attached hydrogens (tertiary/aromatic N) is 4. The van der Waals surface area contributed by atoms with E-state index in [0.717, 1.165) is 32.1 Å². The highest BCUT2D eigenvalue weighted by molar-refractivity contribution is 7.52. The first kappa shape index (κ1) is 30.5. The Morgan fingerprint density at radius 1 is 1.10 bits per heavy atom. The summed E-state index contributed by atoms with van der Waals surface area (Å²) in [5.74, 6) is -0.275. The van der Waals surface area contributed by atoms with E-state index >= 15 is 0 Å². The summed E-state index contributed by atoms with van der Waals surface area (Å²) in [5.41, 5.74) is 2.31. The number of ether oxygens (including phenoxy) is 2. The highest BCUT2D eigenvalue weighted by Crippen LogP contribution is 2.48. The molecule has 1 aliphatic heterocycles. The van der Waals surface area contributed by atoms with E-state index in [0.29, 0.717) is 28.2 Å². The zero-order valence-corrected chi connectivity index (χ0v) is 25.0. The van der Waals surface area contributed by atoms with Gasteiger partial charge in [0.1, 0.15) is 48.1 Å². The first-order valence-corrected chi connectivity index (χ1v) is 15.8. The Kier molecular flexibility index (Phi) is 9.26. The van der Waals surface area contributed by atoms with E-state index in [4.69, 9.17) is 18.5 Å². The molecule has 5 unspecified atom stereocenters. The number of carbonyl (C=O) groups excluding carboxylic acids is 1. The van der Waals surface area contributed by atoms with Crippen molar-refractivity contribution in [2.75, 3.05) is 0 Å². The van der Waals surface area contributed by atoms with E-state index in [1.165, 1.54) is 24.1 Å². The number of aromatic nitrogens is 4. The average molecular weight is 604 g/mol. The maximum absolute atomic E-state index is 14.2. The molecule has 1 aliphatic carbocycles. The van der Waals surface area contributed by atoms with Gasteiger partial charge in [0.2, 0.25) is 0 Å². The largest absolute Gasteiger partial charge is 0.461 e. The second-order valence-corrected chi connectivity index (χ2v) is 12.6. The summed E-state index contributed by atoms with van der Waals surface area (Å²) in [6.45, 7) is 6.64. The van der Waals surface area contributed by atoms with E-state index in [9.17, 15) is 19.6 Å². The Morgan fingerprint density at radius 3 is 2.57 bits per heavy atom. The first-order valence-electron chi connectivity index (χ1n) is 14.2. The summed E-state index contributed by atoms with van der Waals surface area (Å²) in [7, 11) is -4.28. The molecule has 5 rings (SSSR count). The summed E-state index contributed by atoms with van der Waals surface area (Å²) in [4.78, 5) is 25.6. The molecule has 1 aromatic carbocycles. The Labute approximate surface area is 244 Å². The van der Waals surface area contributed by atoms with Gasteiger partial charge in [0.15, 0.2) is 11.9 Å². The number of imidazole rings is 1. The number of hydrogen-bond donors (Lipinski definition) is 3. The highest BCUT2D eigenvalue weighted by Gasteiger charge is 2.49. The third-order valence-corrected chi connectivity index (χ3v) is 9.46. The van der Waals surface area contributed by atoms with E-state index in [2.05, 4.69) is 20.0 Å². The lowest BCUT2D eigenvalue weighted by Crippen LogP contribution is -2.41. The van der Waals surface area contributed by atoms with Gasteiger partial charge >= 0.3 is 13.7 Å². The molecule has 2 fully saturated rings. The lowest BCUT2D eigenvalue weighted by atomic mass is 9.98. The monoisotopic (exact) mass is 603 g/mol. The fraction of sp³-hybridized carbons (Fsp3) is 0.571. The van der Waals surface area contributed by atoms with Crippen LogP contribution in [-0.2, 0) is 23.4 Å². The summed E-state index contributed by atoms with van der Waals surface area (Å²) in [6, 6.07) is 5.93. The van der Waals surface area contributed by atoms with E-state index in [1.807, 2.05) is 6.07 Å². The molecule has 0 radical (unpaired) electrons. The van der Waals surface area contributed by atoms with Crippen molar-refractivity contribution in [2.45, 2.75) is 103 Å². The molecule has 1 saturated heterocycles. The summed E-state index contributed by atoms with van der Waals surface area (Å²) in [5, 5.41) is 24.6. The number of carbonyl (C=O) groups is 1. The van der Waals surface area contributed by atoms with Gasteiger partial charge in [0.25, 0.3) is 0 Å². The maximum atomic E-state index is 14.2. The molecule has 2 aromatic heterocycles. The number of fused-ring (bicyclic) bond motifs is 1. The van der Waals surface area contributed by atoms with Crippen LogP contribution in [-0.4, -0.2) is 72.3 Å². The molecule has 13 nitrogen and oxygen atoms in total. The van der Waals surface area contributed by atoms with Crippen molar-refractivity contribution < 1.29 is 38.1 Å². The minimum Gasteiger partial charge on any atom is -0.461 e. The normalized spacial score (nSPS) is 26.0. The Morgan fingerprint density at radius 2 is 1.83 bits per heavy atom. The molecule has 1 saturated carbocycles. The van der Waals surface area contributed by atoms with Gasteiger partial charge in [0, 0.05) is 0 Å². The van der Waals surface area contributed by atoms with Crippen molar-refractivity contribution in [3.8, 4) is 5.75 Å². The van der Waals surface area contributed by atoms with Crippen molar-refractivity contribution in [2.24, 2.45) is 0 Å². The first-order chi connectivity index (χ1) is 20.1. The van der Waals surface area contributed by atoms with Gasteiger partial charge in [-0.05, 0) is 65.0 Å². The molecule has 3 N–H and O–H groups in total. The average Bonchev–Trinajstić information content (AvgIpc) is 3.52. The number of hydrogen-bond acceptors (Lipinski definition) is 11. The highest BCUT2D eigenvalue weighted by atomic mass is 31.2. The zero-order chi connectivity index (χ0) is 30.0. The minimum atomic E-state index is -4.28. The molecule has 0 bridgehead atoms. The summed E-state index contributed by atoms with van der Waals surface area (Å²) < 4.78 is 39.3. The number of nitrogens with one attached hydrogen (secondary N) is 1. The lowest BCUT2D eigenvalue weighted by molar-refractivity contribution is -0.152. The van der Waals surface area contributed by atoms with Crippen molar-refractivity contribution >= 4 is 24.9 Å². The topological polar surface area (TPSA) is 167 Å². The van der Waals surface area contributed by atoms with Crippen molar-refractivity contribution in [1.82, 2.24) is 24.6 Å². The Bertz CT molecular complexity index is 1450. The number of aryl methyl sites for hydroxylation is 2. The van der Waals surface area contributed by atoms with E-state index < -0.39 is 50.4 Å². The number of aliphatic hydroxyl groups excluding tert-OH is 2. The standard InChI is InChI=1S/C28H38N5O8P/c1-16-10-8-9-13-21(16)41-42(37,32-18(3)28(36)38-20-11-6-5-7-12-20)40-19(4)25-23(34)24(35)27(39-25)33-15-31-22-17(2)29-14-30-26(22)33/h8-10,13-15,18-20,23-25,27,34-35H,5-7,11-12H2,1-4H3,(H,32,37)/t18?,19?,23-,24+,25?,27?,42?/m0/s1. The van der Waals surface area contributed by atoms with Crippen molar-refractivity contribution in [1.29, 1.82) is 0 Å². The van der Waals surface area contributed by atoms with Crippen LogP contribution in [0.3, 0.4) is 0 Å². The van der Waals surface area contributed by atoms with Crippen LogP contribution in [0.25, 0.3) is 11.2 Å². The predicted octanol–water partition coefficient (Wildman–Crippen LogP) is 3.51. The molecule has 0 spiro atoms. The molecule has 2 aliphatic rings. The van der Waals surface area contributed by atoms with Crippen LogP contribution < -0.4 is 9.61 Å².